The van der Waals surface area contributed by atoms with Gasteiger partial charge in [-0.3, -0.25) is 10.1 Å². The molecule has 0 aliphatic carbocycles. The molecule has 0 saturated carbocycles. The fourth-order valence-corrected chi connectivity index (χ4v) is 5.89. The lowest BCUT2D eigenvalue weighted by molar-refractivity contribution is 0.102. The van der Waals surface area contributed by atoms with Crippen LogP contribution in [0.1, 0.15) is 10.4 Å². The number of nitrogens with one attached hydrogen (secondary N) is 1. The van der Waals surface area contributed by atoms with Crippen LogP contribution >= 0.6 is 11.3 Å². The summed E-state index contributed by atoms with van der Waals surface area (Å²) in [5.41, 5.74) is 2.25. The second-order valence-corrected chi connectivity index (χ2v) is 10.3. The Kier molecular flexibility index (Phi) is 4.97. The predicted octanol–water partition coefficient (Wildman–Crippen LogP) is 2.63. The van der Waals surface area contributed by atoms with E-state index in [9.17, 15) is 13.2 Å². The molecule has 31 heavy (non-hydrogen) atoms. The monoisotopic (exact) mass is 457 g/mol. The van der Waals surface area contributed by atoms with Crippen molar-refractivity contribution in [1.82, 2.24) is 19.2 Å². The molecule has 1 saturated heterocycles. The average Bonchev–Trinajstić information content (AvgIpc) is 3.39. The predicted molar refractivity (Wildman–Crippen MR) is 118 cm³/mol. The molecule has 3 heterocycles. The Balaban J connectivity index is 1.38. The fraction of sp³-hybridized carbons (Fsp3) is 0.250. The minimum absolute atomic E-state index is 0.238. The summed E-state index contributed by atoms with van der Waals surface area (Å²) < 4.78 is 33.4. The number of benzene rings is 2. The molecule has 0 unspecified atom stereocenters. The largest absolute Gasteiger partial charge is 0.443 e. The summed E-state index contributed by atoms with van der Waals surface area (Å²) in [6.45, 7) is 2.35. The van der Waals surface area contributed by atoms with Crippen molar-refractivity contribution in [3.05, 3.63) is 48.4 Å². The summed E-state index contributed by atoms with van der Waals surface area (Å²) in [6, 6.07) is 9.84. The van der Waals surface area contributed by atoms with E-state index in [1.54, 1.807) is 36.4 Å². The zero-order valence-electron chi connectivity index (χ0n) is 16.6. The van der Waals surface area contributed by atoms with Crippen LogP contribution in [0.4, 0.5) is 5.13 Å². The van der Waals surface area contributed by atoms with Gasteiger partial charge in [-0.05, 0) is 43.4 Å². The van der Waals surface area contributed by atoms with Gasteiger partial charge < -0.3 is 9.32 Å². The molecular weight excluding hydrogens is 438 g/mol. The van der Waals surface area contributed by atoms with Crippen molar-refractivity contribution < 1.29 is 17.6 Å². The fourth-order valence-electron chi connectivity index (χ4n) is 3.46. The van der Waals surface area contributed by atoms with Crippen LogP contribution < -0.4 is 5.32 Å². The molecule has 0 bridgehead atoms. The molecule has 11 heteroatoms. The second kappa shape index (κ2) is 7.68. The third-order valence-corrected chi connectivity index (χ3v) is 8.10. The first-order chi connectivity index (χ1) is 14.9. The summed E-state index contributed by atoms with van der Waals surface area (Å²) in [5.74, 6) is -0.325. The number of carbonyl (C=O) groups is 1. The number of hydrogen-bond acceptors (Lipinski definition) is 8. The Hall–Kier alpha value is -2.86. The molecule has 0 atom stereocenters. The molecule has 1 N–H and O–H groups in total. The number of piperazine rings is 1. The summed E-state index contributed by atoms with van der Waals surface area (Å²) in [7, 11) is -1.59. The molecule has 0 spiro atoms. The van der Waals surface area contributed by atoms with Gasteiger partial charge in [-0.1, -0.05) is 11.3 Å². The van der Waals surface area contributed by atoms with Crippen molar-refractivity contribution in [2.45, 2.75) is 4.90 Å². The summed E-state index contributed by atoms with van der Waals surface area (Å²) in [6.07, 6.45) is 1.33. The number of carbonyl (C=O) groups excluding carboxylic acids is 1. The number of nitrogens with zero attached hydrogens (tertiary/aromatic N) is 4. The van der Waals surface area contributed by atoms with Gasteiger partial charge in [-0.25, -0.2) is 18.4 Å². The van der Waals surface area contributed by atoms with E-state index in [0.717, 1.165) is 0 Å². The van der Waals surface area contributed by atoms with Gasteiger partial charge in [0, 0.05) is 31.7 Å². The first-order valence-electron chi connectivity index (χ1n) is 9.64. The van der Waals surface area contributed by atoms with Gasteiger partial charge in [0.1, 0.15) is 5.52 Å². The molecule has 9 nitrogen and oxygen atoms in total. The normalized spacial score (nSPS) is 16.2. The van der Waals surface area contributed by atoms with Gasteiger partial charge in [-0.2, -0.15) is 4.31 Å². The second-order valence-electron chi connectivity index (χ2n) is 7.34. The minimum Gasteiger partial charge on any atom is -0.443 e. The lowest BCUT2D eigenvalue weighted by Gasteiger charge is -2.31. The zero-order valence-corrected chi connectivity index (χ0v) is 18.2. The van der Waals surface area contributed by atoms with Crippen LogP contribution in [-0.2, 0) is 10.0 Å². The number of thiazole rings is 1. The maximum atomic E-state index is 13.0. The van der Waals surface area contributed by atoms with Crippen molar-refractivity contribution in [3.8, 4) is 0 Å². The van der Waals surface area contributed by atoms with Crippen LogP contribution in [0, 0.1) is 0 Å². The molecular formula is C20H19N5O4S2. The van der Waals surface area contributed by atoms with Crippen LogP contribution in [0.25, 0.3) is 21.3 Å². The third-order valence-electron chi connectivity index (χ3n) is 5.27. The Bertz CT molecular complexity index is 1390. The standard InChI is InChI=1S/C20H19N5O4S2/c1-24-6-8-25(9-7-24)31(27,28)14-3-4-15-18(11-14)30-20(22-15)23-19(26)13-2-5-17-16(10-13)21-12-29-17/h2-5,10-12H,6-9H2,1H3,(H,22,23,26). The van der Waals surface area contributed by atoms with E-state index in [0.29, 0.717) is 58.2 Å². The van der Waals surface area contributed by atoms with Gasteiger partial charge in [0.2, 0.25) is 10.0 Å². The number of rotatable bonds is 4. The zero-order chi connectivity index (χ0) is 21.6. The van der Waals surface area contributed by atoms with Crippen LogP contribution in [0.3, 0.4) is 0 Å². The van der Waals surface area contributed by atoms with Gasteiger partial charge in [0.05, 0.1) is 15.1 Å². The van der Waals surface area contributed by atoms with Crippen molar-refractivity contribution in [1.29, 1.82) is 0 Å². The summed E-state index contributed by atoms with van der Waals surface area (Å²) >= 11 is 1.23. The molecule has 1 amide bonds. The van der Waals surface area contributed by atoms with Gasteiger partial charge >= 0.3 is 0 Å². The molecule has 0 radical (unpaired) electrons. The summed E-state index contributed by atoms with van der Waals surface area (Å²) in [5, 5.41) is 3.17. The van der Waals surface area contributed by atoms with E-state index >= 15 is 0 Å². The number of likely N-dealkylation sites (N-methyl/N-ethyl adjacent to an activating group) is 1. The first-order valence-corrected chi connectivity index (χ1v) is 11.9. The Labute approximate surface area is 182 Å². The van der Waals surface area contributed by atoms with E-state index in [1.807, 2.05) is 7.05 Å². The number of sulfonamides is 1. The average molecular weight is 458 g/mol. The molecule has 1 aliphatic rings. The highest BCUT2D eigenvalue weighted by Crippen LogP contribution is 2.30. The van der Waals surface area contributed by atoms with E-state index < -0.39 is 10.0 Å². The van der Waals surface area contributed by atoms with Crippen molar-refractivity contribution in [2.24, 2.45) is 0 Å². The minimum atomic E-state index is -3.57. The SMILES string of the molecule is CN1CCN(S(=O)(=O)c2ccc3nc(NC(=O)c4ccc5ocnc5c4)sc3c2)CC1. The Morgan fingerprint density at radius 2 is 1.90 bits per heavy atom. The molecule has 1 fully saturated rings. The highest BCUT2D eigenvalue weighted by Gasteiger charge is 2.28. The van der Waals surface area contributed by atoms with Gasteiger partial charge in [0.15, 0.2) is 17.1 Å². The smallest absolute Gasteiger partial charge is 0.257 e. The maximum Gasteiger partial charge on any atom is 0.257 e. The highest BCUT2D eigenvalue weighted by molar-refractivity contribution is 7.89. The van der Waals surface area contributed by atoms with E-state index in [1.165, 1.54) is 22.0 Å². The van der Waals surface area contributed by atoms with E-state index in [2.05, 4.69) is 20.2 Å². The number of hydrogen-bond donors (Lipinski definition) is 1. The van der Waals surface area contributed by atoms with Crippen LogP contribution in [0.15, 0.2) is 52.1 Å². The first kappa shape index (κ1) is 20.1. The Morgan fingerprint density at radius 1 is 1.10 bits per heavy atom. The maximum absolute atomic E-state index is 13.0. The number of aromatic nitrogens is 2. The van der Waals surface area contributed by atoms with Crippen molar-refractivity contribution in [3.63, 3.8) is 0 Å². The quantitative estimate of drug-likeness (QED) is 0.502. The molecule has 2 aromatic heterocycles. The third kappa shape index (κ3) is 3.81. The van der Waals surface area contributed by atoms with Crippen LogP contribution in [0.2, 0.25) is 0 Å². The number of fused-ring (bicyclic) bond motifs is 2. The molecule has 4 aromatic rings. The number of oxazole rings is 1. The van der Waals surface area contributed by atoms with Crippen molar-refractivity contribution >= 4 is 53.7 Å². The summed E-state index contributed by atoms with van der Waals surface area (Å²) in [4.78, 5) is 23.4. The molecule has 5 rings (SSSR count). The van der Waals surface area contributed by atoms with Gasteiger partial charge in [0.25, 0.3) is 5.91 Å². The lowest BCUT2D eigenvalue weighted by atomic mass is 10.2. The van der Waals surface area contributed by atoms with E-state index in [4.69, 9.17) is 4.42 Å². The van der Waals surface area contributed by atoms with E-state index in [-0.39, 0.29) is 10.8 Å². The molecule has 1 aliphatic heterocycles. The topological polar surface area (TPSA) is 109 Å². The molecule has 2 aromatic carbocycles. The van der Waals surface area contributed by atoms with Gasteiger partial charge in [-0.15, -0.1) is 0 Å². The highest BCUT2D eigenvalue weighted by atomic mass is 32.2. The molecule has 160 valence electrons. The lowest BCUT2D eigenvalue weighted by Crippen LogP contribution is -2.46. The Morgan fingerprint density at radius 3 is 2.71 bits per heavy atom. The van der Waals surface area contributed by atoms with Crippen LogP contribution in [-0.4, -0.2) is 66.7 Å². The number of anilines is 1. The number of amides is 1. The van der Waals surface area contributed by atoms with Crippen molar-refractivity contribution in [2.75, 3.05) is 38.5 Å². The van der Waals surface area contributed by atoms with Crippen LogP contribution in [0.5, 0.6) is 0 Å².